The van der Waals surface area contributed by atoms with Crippen LogP contribution in [0.15, 0.2) is 41.3 Å². The molecule has 0 amide bonds. The molecular formula is C30H36FN7O3. The van der Waals surface area contributed by atoms with E-state index in [4.69, 9.17) is 9.72 Å². The number of anilines is 2. The number of esters is 1. The third-order valence-electron chi connectivity index (χ3n) is 8.32. The van der Waals surface area contributed by atoms with E-state index in [1.807, 2.05) is 24.1 Å². The number of ether oxygens (including phenoxy) is 1. The van der Waals surface area contributed by atoms with Gasteiger partial charge in [0.25, 0.3) is 5.56 Å². The number of halogens is 1. The highest BCUT2D eigenvalue weighted by Gasteiger charge is 2.29. The van der Waals surface area contributed by atoms with E-state index in [0.29, 0.717) is 12.5 Å². The summed E-state index contributed by atoms with van der Waals surface area (Å²) in [4.78, 5) is 39.0. The second kappa shape index (κ2) is 11.9. The van der Waals surface area contributed by atoms with E-state index < -0.39 is 0 Å². The lowest BCUT2D eigenvalue weighted by atomic mass is 10.0. The average molecular weight is 562 g/mol. The Hall–Kier alpha value is -3.99. The number of rotatable bonds is 8. The summed E-state index contributed by atoms with van der Waals surface area (Å²) in [7, 11) is 1.94. The highest BCUT2D eigenvalue weighted by atomic mass is 19.1. The molecule has 4 heterocycles. The van der Waals surface area contributed by atoms with Gasteiger partial charge in [-0.25, -0.2) is 18.9 Å². The Morgan fingerprint density at radius 2 is 1.88 bits per heavy atom. The maximum absolute atomic E-state index is 13.5. The van der Waals surface area contributed by atoms with Crippen molar-refractivity contribution >= 4 is 30.0 Å². The fourth-order valence-electron chi connectivity index (χ4n) is 6.01. The van der Waals surface area contributed by atoms with Crippen LogP contribution in [0.4, 0.5) is 16.3 Å². The fraction of sp³-hybridized carbons (Fsp3) is 0.467. The maximum atomic E-state index is 13.5. The third-order valence-corrected chi connectivity index (χ3v) is 8.32. The Bertz CT molecular complexity index is 1570. The van der Waals surface area contributed by atoms with Crippen LogP contribution in [-0.4, -0.2) is 63.8 Å². The summed E-state index contributed by atoms with van der Waals surface area (Å²) in [6.07, 6.45) is 11.3. The van der Waals surface area contributed by atoms with Crippen molar-refractivity contribution in [3.8, 4) is 0 Å². The maximum Gasteiger partial charge on any atom is 0.324 e. The summed E-state index contributed by atoms with van der Waals surface area (Å²) >= 11 is 0. The fourth-order valence-corrected chi connectivity index (χ4v) is 6.01. The Balaban J connectivity index is 1.17. The minimum absolute atomic E-state index is 0.146. The van der Waals surface area contributed by atoms with Crippen LogP contribution in [0.3, 0.4) is 0 Å². The van der Waals surface area contributed by atoms with Crippen molar-refractivity contribution in [3.05, 3.63) is 69.0 Å². The smallest absolute Gasteiger partial charge is 0.324 e. The van der Waals surface area contributed by atoms with Crippen molar-refractivity contribution < 1.29 is 13.9 Å². The van der Waals surface area contributed by atoms with Crippen LogP contribution in [0, 0.1) is 5.82 Å². The topological polar surface area (TPSA) is 97.5 Å². The molecule has 1 aromatic carbocycles. The third kappa shape index (κ3) is 5.76. The van der Waals surface area contributed by atoms with Crippen molar-refractivity contribution in [2.75, 3.05) is 36.5 Å². The highest BCUT2D eigenvalue weighted by Crippen LogP contribution is 2.23. The number of carbonyl (C=O) groups is 1. The molecule has 0 radical (unpaired) electrons. The zero-order valence-electron chi connectivity index (χ0n) is 23.3. The number of piperidine rings is 1. The molecule has 1 unspecified atom stereocenters. The summed E-state index contributed by atoms with van der Waals surface area (Å²) in [6, 6.07) is 7.87. The van der Waals surface area contributed by atoms with E-state index >= 15 is 0 Å². The molecule has 1 atom stereocenters. The zero-order chi connectivity index (χ0) is 28.3. The van der Waals surface area contributed by atoms with Crippen molar-refractivity contribution in [2.24, 2.45) is 0 Å². The standard InChI is InChI=1S/C30H36FN7O3/c1-35(29-33-16-12-27(39)38(29)20-41-28(40)25-6-4-15-32-25)23-13-17-36(18-14-23)30-34-24-5-2-3-7-26(24)37(30)19-21-8-10-22(31)11-9-21/h5,7-12,16,23,25,32H,2-4,6,13-15,17-20H2,1H3. The molecular weight excluding hydrogens is 525 g/mol. The van der Waals surface area contributed by atoms with Crippen LogP contribution in [0.25, 0.3) is 12.2 Å². The number of hydrogen-bond donors (Lipinski definition) is 1. The van der Waals surface area contributed by atoms with Gasteiger partial charge in [0.2, 0.25) is 11.9 Å². The normalized spacial score (nSPS) is 18.9. The van der Waals surface area contributed by atoms with E-state index in [2.05, 4.69) is 31.9 Å². The highest BCUT2D eigenvalue weighted by molar-refractivity contribution is 5.75. The Kier molecular flexibility index (Phi) is 7.86. The molecule has 2 aromatic heterocycles. The number of nitrogens with one attached hydrogen (secondary N) is 1. The summed E-state index contributed by atoms with van der Waals surface area (Å²) in [5.74, 6) is 0.834. The Morgan fingerprint density at radius 3 is 2.63 bits per heavy atom. The van der Waals surface area contributed by atoms with Crippen molar-refractivity contribution in [3.63, 3.8) is 0 Å². The summed E-state index contributed by atoms with van der Waals surface area (Å²) in [5, 5.41) is 5.26. The van der Waals surface area contributed by atoms with E-state index in [1.54, 1.807) is 0 Å². The van der Waals surface area contributed by atoms with Crippen LogP contribution in [0.5, 0.6) is 0 Å². The van der Waals surface area contributed by atoms with E-state index in [9.17, 15) is 14.0 Å². The molecule has 10 nitrogen and oxygen atoms in total. The van der Waals surface area contributed by atoms with E-state index in [-0.39, 0.29) is 36.2 Å². The van der Waals surface area contributed by atoms with Gasteiger partial charge in [0.15, 0.2) is 6.73 Å². The Morgan fingerprint density at radius 1 is 1.10 bits per heavy atom. The van der Waals surface area contributed by atoms with Crippen molar-refractivity contribution in [2.45, 2.75) is 63.9 Å². The predicted octanol–water partition coefficient (Wildman–Crippen LogP) is 1.34. The molecule has 0 saturated carbocycles. The summed E-state index contributed by atoms with van der Waals surface area (Å²) in [5.41, 5.74) is 0.770. The number of carbonyl (C=O) groups excluding carboxylic acids is 1. The van der Waals surface area contributed by atoms with Crippen LogP contribution in [0.1, 0.15) is 44.1 Å². The second-order valence-corrected chi connectivity index (χ2v) is 11.0. The van der Waals surface area contributed by atoms with Crippen LogP contribution < -0.4 is 31.4 Å². The molecule has 41 heavy (non-hydrogen) atoms. The van der Waals surface area contributed by atoms with Gasteiger partial charge < -0.3 is 24.4 Å². The summed E-state index contributed by atoms with van der Waals surface area (Å²) in [6.45, 7) is 2.82. The molecule has 2 aliphatic heterocycles. The quantitative estimate of drug-likeness (QED) is 0.412. The molecule has 0 spiro atoms. The van der Waals surface area contributed by atoms with Gasteiger partial charge in [-0.3, -0.25) is 9.59 Å². The second-order valence-electron chi connectivity index (χ2n) is 11.0. The average Bonchev–Trinajstić information content (AvgIpc) is 3.66. The van der Waals surface area contributed by atoms with Crippen LogP contribution in [-0.2, 0) is 22.8 Å². The van der Waals surface area contributed by atoms with Gasteiger partial charge >= 0.3 is 5.97 Å². The van der Waals surface area contributed by atoms with E-state index in [0.717, 1.165) is 80.4 Å². The predicted molar refractivity (Wildman–Crippen MR) is 154 cm³/mol. The number of aromatic nitrogens is 4. The van der Waals surface area contributed by atoms with Gasteiger partial charge in [-0.2, -0.15) is 0 Å². The largest absolute Gasteiger partial charge is 0.443 e. The SMILES string of the molecule is CN(c1nccc(=O)n1COC(=O)C1CCCN1)C1CCN(c2nc3c(n2Cc2ccc(F)cc2)=CCCC=3)CC1. The van der Waals surface area contributed by atoms with Gasteiger partial charge in [0, 0.05) is 38.4 Å². The van der Waals surface area contributed by atoms with Crippen molar-refractivity contribution in [1.82, 2.24) is 24.4 Å². The summed E-state index contributed by atoms with van der Waals surface area (Å²) < 4.78 is 22.7. The first-order valence-electron chi connectivity index (χ1n) is 14.4. The minimum Gasteiger partial charge on any atom is -0.443 e. The molecule has 216 valence electrons. The number of nitrogens with zero attached hydrogens (tertiary/aromatic N) is 6. The monoisotopic (exact) mass is 561 g/mol. The molecule has 6 rings (SSSR count). The molecule has 3 aliphatic rings. The first kappa shape index (κ1) is 27.2. The van der Waals surface area contributed by atoms with Crippen LogP contribution in [0.2, 0.25) is 0 Å². The molecule has 2 fully saturated rings. The number of benzene rings is 1. The van der Waals surface area contributed by atoms with Gasteiger partial charge in [0.1, 0.15) is 11.9 Å². The first-order chi connectivity index (χ1) is 20.0. The van der Waals surface area contributed by atoms with Crippen LogP contribution >= 0.6 is 0 Å². The number of fused-ring (bicyclic) bond motifs is 1. The van der Waals surface area contributed by atoms with Gasteiger partial charge in [-0.15, -0.1) is 0 Å². The first-order valence-corrected chi connectivity index (χ1v) is 14.4. The Labute approximate surface area is 237 Å². The molecule has 1 N–H and O–H groups in total. The van der Waals surface area contributed by atoms with Crippen molar-refractivity contribution in [1.29, 1.82) is 0 Å². The lowest BCUT2D eigenvalue weighted by molar-refractivity contribution is -0.149. The molecule has 1 aliphatic carbocycles. The molecule has 0 bridgehead atoms. The molecule has 11 heteroatoms. The minimum atomic E-state index is -0.339. The van der Waals surface area contributed by atoms with E-state index in [1.165, 1.54) is 29.0 Å². The van der Waals surface area contributed by atoms with Gasteiger partial charge in [0.05, 0.1) is 17.2 Å². The van der Waals surface area contributed by atoms with Gasteiger partial charge in [-0.05, 0) is 62.8 Å². The lowest BCUT2D eigenvalue weighted by Gasteiger charge is -2.38. The number of hydrogen-bond acceptors (Lipinski definition) is 8. The molecule has 3 aromatic rings. The zero-order valence-corrected chi connectivity index (χ0v) is 23.3. The van der Waals surface area contributed by atoms with Gasteiger partial charge in [-0.1, -0.05) is 24.3 Å². The lowest BCUT2D eigenvalue weighted by Crippen LogP contribution is -2.46. The number of imidazole rings is 1. The molecule has 2 saturated heterocycles.